The monoisotopic (exact) mass is 217 g/mol. The van der Waals surface area contributed by atoms with Crippen LogP contribution in [-0.4, -0.2) is 23.8 Å². The molecule has 0 saturated carbocycles. The van der Waals surface area contributed by atoms with Gasteiger partial charge in [-0.3, -0.25) is 14.5 Å². The molecule has 0 N–H and O–H groups in total. The minimum absolute atomic E-state index is 0.108. The maximum Gasteiger partial charge on any atom is 0.295 e. The highest BCUT2D eigenvalue weighted by Crippen LogP contribution is 2.14. The molecule has 0 atom stereocenters. The van der Waals surface area contributed by atoms with Crippen LogP contribution in [0.25, 0.3) is 0 Å². The second-order valence-electron chi connectivity index (χ2n) is 3.49. The number of hydrogen-bond donors (Lipinski definition) is 0. The molecule has 1 aliphatic rings. The molecule has 0 saturated heterocycles. The standard InChI is InChI=1S/C12H11NO3/c1-13-11(14)7-10(12(13)15)16-8-9-5-3-2-4-6-9/h2-7H,8H2,1H3. The summed E-state index contributed by atoms with van der Waals surface area (Å²) in [5, 5.41) is 0. The topological polar surface area (TPSA) is 46.6 Å². The van der Waals surface area contributed by atoms with Gasteiger partial charge in [0.15, 0.2) is 5.76 Å². The van der Waals surface area contributed by atoms with E-state index >= 15 is 0 Å². The van der Waals surface area contributed by atoms with Gasteiger partial charge in [-0.2, -0.15) is 0 Å². The van der Waals surface area contributed by atoms with Crippen LogP contribution in [0.15, 0.2) is 42.2 Å². The van der Waals surface area contributed by atoms with Gasteiger partial charge in [-0.25, -0.2) is 0 Å². The summed E-state index contributed by atoms with van der Waals surface area (Å²) < 4.78 is 5.29. The predicted molar refractivity (Wildman–Crippen MR) is 57.1 cm³/mol. The van der Waals surface area contributed by atoms with E-state index in [4.69, 9.17) is 4.74 Å². The lowest BCUT2D eigenvalue weighted by molar-refractivity contribution is -0.137. The Morgan fingerprint density at radius 1 is 1.19 bits per heavy atom. The van der Waals surface area contributed by atoms with Gasteiger partial charge < -0.3 is 4.74 Å². The number of carbonyl (C=O) groups is 2. The third-order valence-electron chi connectivity index (χ3n) is 2.34. The first kappa shape index (κ1) is 10.4. The second kappa shape index (κ2) is 4.18. The SMILES string of the molecule is CN1C(=O)C=C(OCc2ccccc2)C1=O. The number of hydrogen-bond acceptors (Lipinski definition) is 3. The van der Waals surface area contributed by atoms with Crippen molar-refractivity contribution in [1.29, 1.82) is 0 Å². The van der Waals surface area contributed by atoms with Gasteiger partial charge >= 0.3 is 0 Å². The van der Waals surface area contributed by atoms with E-state index in [9.17, 15) is 9.59 Å². The van der Waals surface area contributed by atoms with Crippen LogP contribution in [0.5, 0.6) is 0 Å². The summed E-state index contributed by atoms with van der Waals surface area (Å²) in [5.41, 5.74) is 0.957. The maximum absolute atomic E-state index is 11.4. The molecule has 0 unspecified atom stereocenters. The Hall–Kier alpha value is -2.10. The molecule has 1 aromatic rings. The summed E-state index contributed by atoms with van der Waals surface area (Å²) in [6.45, 7) is 0.291. The molecule has 2 amide bonds. The lowest BCUT2D eigenvalue weighted by Crippen LogP contribution is -2.26. The van der Waals surface area contributed by atoms with Gasteiger partial charge in [-0.1, -0.05) is 30.3 Å². The zero-order valence-corrected chi connectivity index (χ0v) is 8.84. The van der Waals surface area contributed by atoms with Crippen LogP contribution in [0.3, 0.4) is 0 Å². The molecule has 0 radical (unpaired) electrons. The molecule has 4 heteroatoms. The molecule has 16 heavy (non-hydrogen) atoms. The van der Waals surface area contributed by atoms with E-state index in [1.165, 1.54) is 13.1 Å². The van der Waals surface area contributed by atoms with Crippen molar-refractivity contribution >= 4 is 11.8 Å². The highest BCUT2D eigenvalue weighted by Gasteiger charge is 2.28. The minimum Gasteiger partial charge on any atom is -0.483 e. The van der Waals surface area contributed by atoms with Crippen molar-refractivity contribution in [3.8, 4) is 0 Å². The Morgan fingerprint density at radius 3 is 2.44 bits per heavy atom. The van der Waals surface area contributed by atoms with Gasteiger partial charge in [0.2, 0.25) is 0 Å². The Morgan fingerprint density at radius 2 is 1.88 bits per heavy atom. The molecule has 2 rings (SSSR count). The smallest absolute Gasteiger partial charge is 0.295 e. The average molecular weight is 217 g/mol. The first-order chi connectivity index (χ1) is 7.68. The number of nitrogens with zero attached hydrogens (tertiary/aromatic N) is 1. The maximum atomic E-state index is 11.4. The largest absolute Gasteiger partial charge is 0.483 e. The first-order valence-corrected chi connectivity index (χ1v) is 4.89. The van der Waals surface area contributed by atoms with Gasteiger partial charge in [-0.15, -0.1) is 0 Å². The quantitative estimate of drug-likeness (QED) is 0.712. The number of benzene rings is 1. The third-order valence-corrected chi connectivity index (χ3v) is 2.34. The number of imide groups is 1. The summed E-state index contributed by atoms with van der Waals surface area (Å²) in [6.07, 6.45) is 1.21. The lowest BCUT2D eigenvalue weighted by atomic mass is 10.2. The summed E-state index contributed by atoms with van der Waals surface area (Å²) in [5.74, 6) is -0.620. The van der Waals surface area contributed by atoms with Gasteiger partial charge in [0.05, 0.1) is 6.08 Å². The fraction of sp³-hybridized carbons (Fsp3) is 0.167. The Kier molecular flexibility index (Phi) is 2.72. The van der Waals surface area contributed by atoms with E-state index in [1.54, 1.807) is 0 Å². The first-order valence-electron chi connectivity index (χ1n) is 4.89. The van der Waals surface area contributed by atoms with Crippen LogP contribution >= 0.6 is 0 Å². The second-order valence-corrected chi connectivity index (χ2v) is 3.49. The molecule has 0 aromatic heterocycles. The van der Waals surface area contributed by atoms with Crippen molar-refractivity contribution in [2.45, 2.75) is 6.61 Å². The van der Waals surface area contributed by atoms with E-state index < -0.39 is 0 Å². The molecule has 1 heterocycles. The predicted octanol–water partition coefficient (Wildman–Crippen LogP) is 1.09. The molecule has 1 aliphatic heterocycles. The van der Waals surface area contributed by atoms with Gasteiger partial charge in [0.1, 0.15) is 6.61 Å². The van der Waals surface area contributed by atoms with Crippen molar-refractivity contribution in [1.82, 2.24) is 4.90 Å². The molecule has 0 bridgehead atoms. The number of ether oxygens (including phenoxy) is 1. The molecule has 0 spiro atoms. The van der Waals surface area contributed by atoms with Crippen LogP contribution in [0, 0.1) is 0 Å². The van der Waals surface area contributed by atoms with Crippen LogP contribution in [-0.2, 0) is 20.9 Å². The van der Waals surface area contributed by atoms with Crippen LogP contribution in [0.4, 0.5) is 0 Å². The summed E-state index contributed by atoms with van der Waals surface area (Å²) in [4.78, 5) is 23.6. The number of amides is 2. The fourth-order valence-corrected chi connectivity index (χ4v) is 1.37. The van der Waals surface area contributed by atoms with E-state index in [0.29, 0.717) is 6.61 Å². The molecule has 82 valence electrons. The van der Waals surface area contributed by atoms with Crippen molar-refractivity contribution in [3.05, 3.63) is 47.7 Å². The average Bonchev–Trinajstić information content (AvgIpc) is 2.56. The van der Waals surface area contributed by atoms with Crippen LogP contribution in [0.2, 0.25) is 0 Å². The van der Waals surface area contributed by atoms with Crippen molar-refractivity contribution in [3.63, 3.8) is 0 Å². The van der Waals surface area contributed by atoms with E-state index in [2.05, 4.69) is 0 Å². The van der Waals surface area contributed by atoms with Gasteiger partial charge in [0, 0.05) is 7.05 Å². The van der Waals surface area contributed by atoms with Crippen molar-refractivity contribution in [2.24, 2.45) is 0 Å². The molecule has 4 nitrogen and oxygen atoms in total. The van der Waals surface area contributed by atoms with Crippen molar-refractivity contribution < 1.29 is 14.3 Å². The third kappa shape index (κ3) is 1.95. The number of carbonyl (C=O) groups excluding carboxylic acids is 2. The summed E-state index contributed by atoms with van der Waals surface area (Å²) in [6, 6.07) is 9.47. The Bertz CT molecular complexity index is 451. The molecule has 0 fully saturated rings. The van der Waals surface area contributed by atoms with Crippen LogP contribution < -0.4 is 0 Å². The molecule has 1 aromatic carbocycles. The highest BCUT2D eigenvalue weighted by atomic mass is 16.5. The van der Waals surface area contributed by atoms with Gasteiger partial charge in [-0.05, 0) is 5.56 Å². The van der Waals surface area contributed by atoms with E-state index in [1.807, 2.05) is 30.3 Å². The molecule has 0 aliphatic carbocycles. The zero-order chi connectivity index (χ0) is 11.5. The normalized spacial score (nSPS) is 15.3. The Balaban J connectivity index is 2.00. The minimum atomic E-state index is -0.388. The zero-order valence-electron chi connectivity index (χ0n) is 8.84. The van der Waals surface area contributed by atoms with Gasteiger partial charge in [0.25, 0.3) is 11.8 Å². The summed E-state index contributed by atoms with van der Waals surface area (Å²) >= 11 is 0. The summed E-state index contributed by atoms with van der Waals surface area (Å²) in [7, 11) is 1.43. The fourth-order valence-electron chi connectivity index (χ4n) is 1.37. The molecular weight excluding hydrogens is 206 g/mol. The van der Waals surface area contributed by atoms with Crippen LogP contribution in [0.1, 0.15) is 5.56 Å². The Labute approximate surface area is 93.1 Å². The van der Waals surface area contributed by atoms with E-state index in [0.717, 1.165) is 10.5 Å². The number of rotatable bonds is 3. The molecular formula is C12H11NO3. The highest BCUT2D eigenvalue weighted by molar-refractivity contribution is 6.14. The lowest BCUT2D eigenvalue weighted by Gasteiger charge is -2.08. The van der Waals surface area contributed by atoms with Crippen molar-refractivity contribution in [2.75, 3.05) is 7.05 Å². The van der Waals surface area contributed by atoms with E-state index in [-0.39, 0.29) is 17.6 Å². The number of likely N-dealkylation sites (N-methyl/N-ethyl adjacent to an activating group) is 1.